The Balaban J connectivity index is 2.21. The topological polar surface area (TPSA) is 51.8 Å². The molecule has 0 fully saturated rings. The van der Waals surface area contributed by atoms with E-state index in [2.05, 4.69) is 16.9 Å². The lowest BCUT2D eigenvalue weighted by molar-refractivity contribution is 0.659. The molecular weight excluding hydrogens is 218 g/mol. The monoisotopic (exact) mass is 239 g/mol. The van der Waals surface area contributed by atoms with E-state index in [0.29, 0.717) is 5.82 Å². The lowest BCUT2D eigenvalue weighted by Gasteiger charge is -2.02. The highest BCUT2D eigenvalue weighted by molar-refractivity contribution is 7.99. The summed E-state index contributed by atoms with van der Waals surface area (Å²) >= 11 is 1.70. The Bertz CT molecular complexity index is 295. The molecule has 0 radical (unpaired) electrons. The van der Waals surface area contributed by atoms with Crippen LogP contribution in [-0.4, -0.2) is 15.7 Å². The van der Waals surface area contributed by atoms with E-state index in [1.807, 2.05) is 6.92 Å². The highest BCUT2D eigenvalue weighted by atomic mass is 32.2. The molecule has 0 amide bonds. The number of nitrogen functional groups attached to an aromatic ring is 1. The molecule has 0 saturated heterocycles. The van der Waals surface area contributed by atoms with Crippen LogP contribution >= 0.6 is 11.8 Å². The molecular formula is C12H21N3S. The summed E-state index contributed by atoms with van der Waals surface area (Å²) in [6, 6.07) is 1.80. The second-order valence-electron chi connectivity index (χ2n) is 3.98. The maximum atomic E-state index is 5.66. The summed E-state index contributed by atoms with van der Waals surface area (Å²) in [6.07, 6.45) is 6.53. The van der Waals surface area contributed by atoms with Crippen molar-refractivity contribution in [3.63, 3.8) is 0 Å². The van der Waals surface area contributed by atoms with Crippen molar-refractivity contribution in [1.29, 1.82) is 0 Å². The zero-order valence-corrected chi connectivity index (χ0v) is 11.0. The van der Waals surface area contributed by atoms with Crippen LogP contribution in [0.5, 0.6) is 0 Å². The van der Waals surface area contributed by atoms with Gasteiger partial charge in [-0.05, 0) is 13.3 Å². The van der Waals surface area contributed by atoms with Crippen molar-refractivity contribution in [2.75, 3.05) is 11.5 Å². The van der Waals surface area contributed by atoms with Crippen LogP contribution in [0.2, 0.25) is 0 Å². The van der Waals surface area contributed by atoms with Crippen molar-refractivity contribution < 1.29 is 0 Å². The van der Waals surface area contributed by atoms with Gasteiger partial charge in [-0.15, -0.1) is 0 Å². The average molecular weight is 239 g/mol. The first-order chi connectivity index (χ1) is 7.72. The smallest absolute Gasteiger partial charge is 0.189 e. The zero-order chi connectivity index (χ0) is 11.8. The van der Waals surface area contributed by atoms with E-state index in [-0.39, 0.29) is 0 Å². The Labute approximate surface area is 102 Å². The van der Waals surface area contributed by atoms with Crippen LogP contribution < -0.4 is 5.73 Å². The van der Waals surface area contributed by atoms with E-state index in [1.54, 1.807) is 17.8 Å². The number of hydrogen-bond donors (Lipinski definition) is 1. The van der Waals surface area contributed by atoms with Gasteiger partial charge in [0.15, 0.2) is 5.16 Å². The Morgan fingerprint density at radius 2 is 1.94 bits per heavy atom. The molecule has 90 valence electrons. The molecule has 0 aliphatic heterocycles. The van der Waals surface area contributed by atoms with Gasteiger partial charge in [0.25, 0.3) is 0 Å². The van der Waals surface area contributed by atoms with Gasteiger partial charge >= 0.3 is 0 Å². The summed E-state index contributed by atoms with van der Waals surface area (Å²) in [5, 5.41) is 0.813. The minimum absolute atomic E-state index is 0.570. The predicted octanol–water partition coefficient (Wildman–Crippen LogP) is 3.43. The summed E-state index contributed by atoms with van der Waals surface area (Å²) in [4.78, 5) is 8.54. The standard InChI is InChI=1S/C12H21N3S/c1-3-4-5-6-7-8-16-12-14-10(2)9-11(13)15-12/h9H,3-8H2,1-2H3,(H2,13,14,15). The Kier molecular flexibility index (Phi) is 6.23. The van der Waals surface area contributed by atoms with Crippen molar-refractivity contribution in [2.45, 2.75) is 51.1 Å². The zero-order valence-electron chi connectivity index (χ0n) is 10.2. The predicted molar refractivity (Wildman–Crippen MR) is 70.7 cm³/mol. The van der Waals surface area contributed by atoms with Gasteiger partial charge in [0.2, 0.25) is 0 Å². The molecule has 0 atom stereocenters. The SMILES string of the molecule is CCCCCCCSc1nc(C)cc(N)n1. The molecule has 0 unspecified atom stereocenters. The van der Waals surface area contributed by atoms with Gasteiger partial charge in [0.05, 0.1) is 0 Å². The molecule has 4 heteroatoms. The minimum Gasteiger partial charge on any atom is -0.384 e. The van der Waals surface area contributed by atoms with Gasteiger partial charge in [0, 0.05) is 17.5 Å². The van der Waals surface area contributed by atoms with E-state index < -0.39 is 0 Å². The molecule has 1 aromatic heterocycles. The Hall–Kier alpha value is -0.770. The van der Waals surface area contributed by atoms with Gasteiger partial charge in [-0.3, -0.25) is 0 Å². The fraction of sp³-hybridized carbons (Fsp3) is 0.667. The number of nitrogens with two attached hydrogens (primary N) is 1. The number of nitrogens with zero attached hydrogens (tertiary/aromatic N) is 2. The molecule has 0 spiro atoms. The van der Waals surface area contributed by atoms with E-state index in [0.717, 1.165) is 16.6 Å². The summed E-state index contributed by atoms with van der Waals surface area (Å²) in [5.74, 6) is 1.66. The molecule has 0 aliphatic rings. The molecule has 3 nitrogen and oxygen atoms in total. The molecule has 1 rings (SSSR count). The van der Waals surface area contributed by atoms with Gasteiger partial charge < -0.3 is 5.73 Å². The fourth-order valence-electron chi connectivity index (χ4n) is 1.50. The number of anilines is 1. The van der Waals surface area contributed by atoms with Crippen molar-refractivity contribution >= 4 is 17.6 Å². The van der Waals surface area contributed by atoms with E-state index >= 15 is 0 Å². The Morgan fingerprint density at radius 1 is 1.19 bits per heavy atom. The summed E-state index contributed by atoms with van der Waals surface area (Å²) in [6.45, 7) is 4.18. The Morgan fingerprint density at radius 3 is 2.62 bits per heavy atom. The maximum absolute atomic E-state index is 5.66. The minimum atomic E-state index is 0.570. The van der Waals surface area contributed by atoms with Crippen molar-refractivity contribution in [3.05, 3.63) is 11.8 Å². The number of aromatic nitrogens is 2. The number of hydrogen-bond acceptors (Lipinski definition) is 4. The van der Waals surface area contributed by atoms with Crippen LogP contribution in [0.15, 0.2) is 11.2 Å². The first kappa shape index (κ1) is 13.3. The number of aryl methyl sites for hydroxylation is 1. The quantitative estimate of drug-likeness (QED) is 0.450. The third-order valence-electron chi connectivity index (χ3n) is 2.33. The molecule has 0 aliphatic carbocycles. The second-order valence-corrected chi connectivity index (χ2v) is 5.04. The van der Waals surface area contributed by atoms with Crippen LogP contribution in [0.25, 0.3) is 0 Å². The summed E-state index contributed by atoms with van der Waals surface area (Å²) < 4.78 is 0. The molecule has 1 heterocycles. The normalized spacial score (nSPS) is 10.6. The van der Waals surface area contributed by atoms with Crippen LogP contribution in [0.1, 0.15) is 44.7 Å². The first-order valence-corrected chi connectivity index (χ1v) is 6.95. The van der Waals surface area contributed by atoms with Gasteiger partial charge in [-0.25, -0.2) is 9.97 Å². The molecule has 0 saturated carbocycles. The molecule has 0 aromatic carbocycles. The summed E-state index contributed by atoms with van der Waals surface area (Å²) in [7, 11) is 0. The largest absolute Gasteiger partial charge is 0.384 e. The van der Waals surface area contributed by atoms with Crippen molar-refractivity contribution in [1.82, 2.24) is 9.97 Å². The molecule has 1 aromatic rings. The molecule has 16 heavy (non-hydrogen) atoms. The van der Waals surface area contributed by atoms with Gasteiger partial charge in [-0.2, -0.15) is 0 Å². The molecule has 2 N–H and O–H groups in total. The van der Waals surface area contributed by atoms with E-state index in [1.165, 1.54) is 32.1 Å². The third kappa shape index (κ3) is 5.35. The van der Waals surface area contributed by atoms with Crippen LogP contribution in [0.3, 0.4) is 0 Å². The number of unbranched alkanes of at least 4 members (excludes halogenated alkanes) is 4. The van der Waals surface area contributed by atoms with Crippen molar-refractivity contribution in [3.8, 4) is 0 Å². The average Bonchev–Trinajstić information content (AvgIpc) is 2.22. The van der Waals surface area contributed by atoms with Crippen molar-refractivity contribution in [2.24, 2.45) is 0 Å². The van der Waals surface area contributed by atoms with Crippen LogP contribution in [-0.2, 0) is 0 Å². The highest BCUT2D eigenvalue weighted by Crippen LogP contribution is 2.17. The lowest BCUT2D eigenvalue weighted by Crippen LogP contribution is -1.97. The maximum Gasteiger partial charge on any atom is 0.189 e. The molecule has 0 bridgehead atoms. The van der Waals surface area contributed by atoms with E-state index in [4.69, 9.17) is 5.73 Å². The van der Waals surface area contributed by atoms with Crippen LogP contribution in [0, 0.1) is 6.92 Å². The number of thioether (sulfide) groups is 1. The van der Waals surface area contributed by atoms with Gasteiger partial charge in [-0.1, -0.05) is 44.4 Å². The fourth-order valence-corrected chi connectivity index (χ4v) is 2.41. The van der Waals surface area contributed by atoms with Crippen LogP contribution in [0.4, 0.5) is 5.82 Å². The highest BCUT2D eigenvalue weighted by Gasteiger charge is 2.00. The first-order valence-electron chi connectivity index (χ1n) is 5.96. The summed E-state index contributed by atoms with van der Waals surface area (Å²) in [5.41, 5.74) is 6.61. The number of rotatable bonds is 7. The lowest BCUT2D eigenvalue weighted by atomic mass is 10.2. The second kappa shape index (κ2) is 7.49. The van der Waals surface area contributed by atoms with Gasteiger partial charge in [0.1, 0.15) is 5.82 Å². The third-order valence-corrected chi connectivity index (χ3v) is 3.27. The van der Waals surface area contributed by atoms with E-state index in [9.17, 15) is 0 Å².